The Morgan fingerprint density at radius 2 is 1.86 bits per heavy atom. The molecule has 1 aromatic heterocycles. The van der Waals surface area contributed by atoms with E-state index < -0.39 is 5.91 Å². The summed E-state index contributed by atoms with van der Waals surface area (Å²) >= 11 is 5.87. The summed E-state index contributed by atoms with van der Waals surface area (Å²) in [6, 6.07) is 10.8. The molecule has 0 saturated heterocycles. The monoisotopic (exact) mass is 314 g/mol. The molecule has 0 aliphatic heterocycles. The fourth-order valence-corrected chi connectivity index (χ4v) is 2.28. The summed E-state index contributed by atoms with van der Waals surface area (Å²) in [5, 5.41) is 12.7. The van der Waals surface area contributed by atoms with Crippen LogP contribution < -0.4 is 10.7 Å². The Labute approximate surface area is 130 Å². The molecule has 0 radical (unpaired) electrons. The van der Waals surface area contributed by atoms with E-state index in [9.17, 15) is 14.7 Å². The molecule has 0 bridgehead atoms. The van der Waals surface area contributed by atoms with Crippen LogP contribution in [0.15, 0.2) is 53.5 Å². The Morgan fingerprint density at radius 3 is 2.59 bits per heavy atom. The number of aromatic nitrogens is 1. The molecule has 3 rings (SSSR count). The van der Waals surface area contributed by atoms with Crippen LogP contribution in [-0.4, -0.2) is 16.0 Å². The Kier molecular flexibility index (Phi) is 3.56. The van der Waals surface area contributed by atoms with Crippen molar-refractivity contribution < 1.29 is 9.90 Å². The van der Waals surface area contributed by atoms with Crippen molar-refractivity contribution >= 4 is 34.1 Å². The van der Waals surface area contributed by atoms with Gasteiger partial charge in [-0.25, -0.2) is 0 Å². The molecule has 0 aliphatic carbocycles. The first kappa shape index (κ1) is 14.2. The van der Waals surface area contributed by atoms with Gasteiger partial charge in [-0.05, 0) is 42.5 Å². The van der Waals surface area contributed by atoms with Crippen LogP contribution in [0.4, 0.5) is 5.69 Å². The van der Waals surface area contributed by atoms with E-state index in [2.05, 4.69) is 10.3 Å². The Hall–Kier alpha value is -2.79. The standard InChI is InChI=1S/C16H11ClN2O3/c17-9-1-6-12-14(7-9)18-8-13(15(12)21)16(22)19-10-2-4-11(20)5-3-10/h1-8,20H,(H,18,21)(H,19,22). The van der Waals surface area contributed by atoms with Gasteiger partial charge in [0.15, 0.2) is 0 Å². The fraction of sp³-hybridized carbons (Fsp3) is 0. The molecule has 0 spiro atoms. The highest BCUT2D eigenvalue weighted by molar-refractivity contribution is 6.31. The quantitative estimate of drug-likeness (QED) is 0.635. The van der Waals surface area contributed by atoms with Gasteiger partial charge in [0.1, 0.15) is 11.3 Å². The molecule has 5 nitrogen and oxygen atoms in total. The van der Waals surface area contributed by atoms with Gasteiger partial charge in [-0.2, -0.15) is 0 Å². The number of nitrogens with one attached hydrogen (secondary N) is 2. The van der Waals surface area contributed by atoms with E-state index in [-0.39, 0.29) is 16.7 Å². The maximum Gasteiger partial charge on any atom is 0.261 e. The van der Waals surface area contributed by atoms with Crippen LogP contribution in [0.5, 0.6) is 5.75 Å². The summed E-state index contributed by atoms with van der Waals surface area (Å²) in [5.41, 5.74) is 0.682. The summed E-state index contributed by atoms with van der Waals surface area (Å²) < 4.78 is 0. The Morgan fingerprint density at radius 1 is 1.14 bits per heavy atom. The predicted molar refractivity (Wildman–Crippen MR) is 85.6 cm³/mol. The van der Waals surface area contributed by atoms with E-state index in [1.54, 1.807) is 30.3 Å². The molecule has 6 heteroatoms. The largest absolute Gasteiger partial charge is 0.508 e. The number of phenolic OH excluding ortho intramolecular Hbond substituents is 1. The van der Waals surface area contributed by atoms with Crippen molar-refractivity contribution in [2.45, 2.75) is 0 Å². The van der Waals surface area contributed by atoms with Crippen molar-refractivity contribution in [3.63, 3.8) is 0 Å². The van der Waals surface area contributed by atoms with E-state index in [4.69, 9.17) is 11.6 Å². The van der Waals surface area contributed by atoms with Gasteiger partial charge in [0.2, 0.25) is 5.43 Å². The van der Waals surface area contributed by atoms with Gasteiger partial charge in [0.05, 0.1) is 5.52 Å². The predicted octanol–water partition coefficient (Wildman–Crippen LogP) is 3.14. The number of amides is 1. The number of aromatic hydroxyl groups is 1. The van der Waals surface area contributed by atoms with Gasteiger partial charge in [-0.15, -0.1) is 0 Å². The van der Waals surface area contributed by atoms with Crippen molar-refractivity contribution in [3.8, 4) is 5.75 Å². The van der Waals surface area contributed by atoms with Crippen LogP contribution in [-0.2, 0) is 0 Å². The molecule has 3 N–H and O–H groups in total. The molecule has 2 aromatic carbocycles. The zero-order valence-electron chi connectivity index (χ0n) is 11.3. The molecule has 0 fully saturated rings. The molecule has 3 aromatic rings. The van der Waals surface area contributed by atoms with Crippen LogP contribution in [0.1, 0.15) is 10.4 Å². The SMILES string of the molecule is O=C(Nc1ccc(O)cc1)c1c[nH]c2cc(Cl)ccc2c1=O. The molecule has 0 saturated carbocycles. The number of aromatic amines is 1. The third-order valence-corrected chi connectivity index (χ3v) is 3.45. The second kappa shape index (κ2) is 5.54. The number of benzene rings is 2. The molecule has 1 heterocycles. The number of hydrogen-bond donors (Lipinski definition) is 3. The maximum absolute atomic E-state index is 12.4. The average Bonchev–Trinajstić information content (AvgIpc) is 2.49. The Balaban J connectivity index is 1.97. The number of hydrogen-bond acceptors (Lipinski definition) is 3. The highest BCUT2D eigenvalue weighted by Crippen LogP contribution is 2.17. The first-order valence-corrected chi connectivity index (χ1v) is 6.84. The number of H-pyrrole nitrogens is 1. The van der Waals surface area contributed by atoms with E-state index in [0.717, 1.165) is 0 Å². The second-order valence-electron chi connectivity index (χ2n) is 4.72. The third kappa shape index (κ3) is 2.66. The number of carbonyl (C=O) groups excluding carboxylic acids is 1. The number of rotatable bonds is 2. The van der Waals surface area contributed by atoms with Crippen molar-refractivity contribution in [3.05, 3.63) is 69.5 Å². The van der Waals surface area contributed by atoms with E-state index in [1.807, 2.05) is 0 Å². The average molecular weight is 315 g/mol. The van der Waals surface area contributed by atoms with E-state index in [0.29, 0.717) is 21.6 Å². The zero-order chi connectivity index (χ0) is 15.7. The smallest absolute Gasteiger partial charge is 0.261 e. The van der Waals surface area contributed by atoms with Crippen molar-refractivity contribution in [1.29, 1.82) is 0 Å². The first-order chi connectivity index (χ1) is 10.5. The highest BCUT2D eigenvalue weighted by Gasteiger charge is 2.13. The van der Waals surface area contributed by atoms with Crippen molar-refractivity contribution in [2.75, 3.05) is 5.32 Å². The summed E-state index contributed by atoms with van der Waals surface area (Å²) in [5.74, 6) is -0.429. The lowest BCUT2D eigenvalue weighted by molar-refractivity contribution is 0.102. The number of pyridine rings is 1. The molecule has 0 atom stereocenters. The fourth-order valence-electron chi connectivity index (χ4n) is 2.11. The molecular weight excluding hydrogens is 304 g/mol. The van der Waals surface area contributed by atoms with Crippen LogP contribution in [0, 0.1) is 0 Å². The first-order valence-electron chi connectivity index (χ1n) is 6.46. The molecule has 0 unspecified atom stereocenters. The topological polar surface area (TPSA) is 82.2 Å². The Bertz CT molecular complexity index is 917. The van der Waals surface area contributed by atoms with Crippen LogP contribution in [0.25, 0.3) is 10.9 Å². The number of anilines is 1. The lowest BCUT2D eigenvalue weighted by Gasteiger charge is -2.06. The van der Waals surface area contributed by atoms with Crippen molar-refractivity contribution in [2.24, 2.45) is 0 Å². The van der Waals surface area contributed by atoms with Gasteiger partial charge in [0, 0.05) is 22.3 Å². The van der Waals surface area contributed by atoms with Gasteiger partial charge in [-0.3, -0.25) is 9.59 Å². The summed E-state index contributed by atoms with van der Waals surface area (Å²) in [7, 11) is 0. The van der Waals surface area contributed by atoms with Gasteiger partial charge >= 0.3 is 0 Å². The molecule has 22 heavy (non-hydrogen) atoms. The van der Waals surface area contributed by atoms with Gasteiger partial charge in [0.25, 0.3) is 5.91 Å². The maximum atomic E-state index is 12.4. The minimum atomic E-state index is -0.524. The number of carbonyl (C=O) groups is 1. The number of fused-ring (bicyclic) bond motifs is 1. The molecular formula is C16H11ClN2O3. The summed E-state index contributed by atoms with van der Waals surface area (Å²) in [4.78, 5) is 27.5. The third-order valence-electron chi connectivity index (χ3n) is 3.21. The van der Waals surface area contributed by atoms with Crippen LogP contribution in [0.3, 0.4) is 0 Å². The van der Waals surface area contributed by atoms with Crippen LogP contribution >= 0.6 is 11.6 Å². The van der Waals surface area contributed by atoms with Gasteiger partial charge in [-0.1, -0.05) is 11.6 Å². The zero-order valence-corrected chi connectivity index (χ0v) is 12.0. The summed E-state index contributed by atoms with van der Waals surface area (Å²) in [6.45, 7) is 0. The van der Waals surface area contributed by atoms with Crippen molar-refractivity contribution in [1.82, 2.24) is 4.98 Å². The van der Waals surface area contributed by atoms with E-state index in [1.165, 1.54) is 18.3 Å². The number of phenols is 1. The molecule has 0 aliphatic rings. The lowest BCUT2D eigenvalue weighted by atomic mass is 10.1. The lowest BCUT2D eigenvalue weighted by Crippen LogP contribution is -2.21. The highest BCUT2D eigenvalue weighted by atomic mass is 35.5. The van der Waals surface area contributed by atoms with E-state index >= 15 is 0 Å². The molecule has 110 valence electrons. The number of halogens is 1. The minimum Gasteiger partial charge on any atom is -0.508 e. The molecule has 1 amide bonds. The van der Waals surface area contributed by atoms with Crippen LogP contribution in [0.2, 0.25) is 5.02 Å². The van der Waals surface area contributed by atoms with Gasteiger partial charge < -0.3 is 15.4 Å². The summed E-state index contributed by atoms with van der Waals surface area (Å²) in [6.07, 6.45) is 1.36. The normalized spacial score (nSPS) is 10.6. The minimum absolute atomic E-state index is 0.00268. The second-order valence-corrected chi connectivity index (χ2v) is 5.16.